The van der Waals surface area contributed by atoms with Gasteiger partial charge in [0.2, 0.25) is 17.7 Å². The van der Waals surface area contributed by atoms with Crippen LogP contribution in [0.5, 0.6) is 0 Å². The number of benzene rings is 7. The van der Waals surface area contributed by atoms with E-state index in [2.05, 4.69) is 36.7 Å². The molecule has 0 aliphatic heterocycles. The number of nitrogens with one attached hydrogen (secondary N) is 3. The number of amides is 3. The number of rotatable bonds is 21. The molecule has 0 atom stereocenters. The lowest BCUT2D eigenvalue weighted by molar-refractivity contribution is -0.119. The minimum Gasteiger partial charge on any atom is -0.355 e. The summed E-state index contributed by atoms with van der Waals surface area (Å²) >= 11 is 0. The van der Waals surface area contributed by atoms with Crippen LogP contribution >= 0.6 is 21.4 Å². The highest BCUT2D eigenvalue weighted by molar-refractivity contribution is 7.80. The molecule has 0 bridgehead atoms. The van der Waals surface area contributed by atoms with Gasteiger partial charge in [0.05, 0.1) is 18.5 Å². The first-order valence-electron chi connectivity index (χ1n) is 23.3. The number of carbonyl (C=O) groups is 3. The molecule has 7 rings (SSSR count). The minimum atomic E-state index is -3.29. The molecule has 0 aliphatic carbocycles. The third-order valence-corrected chi connectivity index (χ3v) is 21.9. The van der Waals surface area contributed by atoms with Crippen LogP contribution in [0.25, 0.3) is 0 Å². The first kappa shape index (κ1) is 50.5. The van der Waals surface area contributed by atoms with E-state index < -0.39 is 21.4 Å². The van der Waals surface area contributed by atoms with Crippen molar-refractivity contribution >= 4 is 71.0 Å². The summed E-state index contributed by atoms with van der Waals surface area (Å²) in [6.07, 6.45) is 0.928. The molecular weight excluding hydrogens is 916 g/mol. The maximum atomic E-state index is 14.7. The molecular formula is C57H60N3O6P3. The Bertz CT molecular complexity index is 2530. The number of hydrogen-bond acceptors (Lipinski definition) is 6. The predicted molar refractivity (Wildman–Crippen MR) is 285 cm³/mol. The van der Waals surface area contributed by atoms with E-state index in [9.17, 15) is 28.1 Å². The van der Waals surface area contributed by atoms with Crippen LogP contribution in [0.2, 0.25) is 0 Å². The van der Waals surface area contributed by atoms with Gasteiger partial charge in [0, 0.05) is 51.5 Å². The van der Waals surface area contributed by atoms with Crippen molar-refractivity contribution in [1.82, 2.24) is 16.0 Å². The maximum Gasteiger partial charge on any atom is 0.228 e. The van der Waals surface area contributed by atoms with Gasteiger partial charge in [0.25, 0.3) is 0 Å². The molecule has 3 amide bonds. The van der Waals surface area contributed by atoms with Gasteiger partial charge in [-0.05, 0) is 73.4 Å². The molecule has 0 radical (unpaired) electrons. The molecule has 0 aliphatic rings. The van der Waals surface area contributed by atoms with Gasteiger partial charge in [0.1, 0.15) is 0 Å². The highest BCUT2D eigenvalue weighted by Gasteiger charge is 2.33. The van der Waals surface area contributed by atoms with E-state index in [1.807, 2.05) is 182 Å². The Kier molecular flexibility index (Phi) is 17.1. The molecule has 0 saturated heterocycles. The molecule has 3 N–H and O–H groups in total. The maximum absolute atomic E-state index is 14.7. The summed E-state index contributed by atoms with van der Waals surface area (Å²) in [6.45, 7) is 7.06. The topological polar surface area (TPSA) is 139 Å². The van der Waals surface area contributed by atoms with E-state index >= 15 is 0 Å². The Balaban J connectivity index is 1.10. The third kappa shape index (κ3) is 12.1. The van der Waals surface area contributed by atoms with Gasteiger partial charge >= 0.3 is 0 Å². The van der Waals surface area contributed by atoms with Crippen LogP contribution in [0.15, 0.2) is 182 Å². The summed E-state index contributed by atoms with van der Waals surface area (Å²) in [5.74, 6) is -0.942. The van der Waals surface area contributed by atoms with Gasteiger partial charge in [0.15, 0.2) is 21.4 Å². The fourth-order valence-electron chi connectivity index (χ4n) is 9.28. The normalized spacial score (nSPS) is 11.7. The Hall–Kier alpha value is -6.36. The van der Waals surface area contributed by atoms with Gasteiger partial charge in [-0.3, -0.25) is 14.4 Å². The van der Waals surface area contributed by atoms with Crippen LogP contribution in [-0.2, 0) is 47.3 Å². The first-order valence-corrected chi connectivity index (χ1v) is 29.0. The van der Waals surface area contributed by atoms with Gasteiger partial charge in [-0.1, -0.05) is 182 Å². The Morgan fingerprint density at radius 2 is 0.493 bits per heavy atom. The van der Waals surface area contributed by atoms with Crippen molar-refractivity contribution in [2.24, 2.45) is 0 Å². The van der Waals surface area contributed by atoms with Gasteiger partial charge in [-0.15, -0.1) is 0 Å². The monoisotopic (exact) mass is 975 g/mol. The quantitative estimate of drug-likeness (QED) is 0.0634. The molecule has 12 heteroatoms. The lowest BCUT2D eigenvalue weighted by Crippen LogP contribution is -2.33. The smallest absolute Gasteiger partial charge is 0.228 e. The van der Waals surface area contributed by atoms with E-state index in [4.69, 9.17) is 0 Å². The van der Waals surface area contributed by atoms with Crippen molar-refractivity contribution in [3.8, 4) is 0 Å². The molecule has 9 nitrogen and oxygen atoms in total. The van der Waals surface area contributed by atoms with E-state index in [1.54, 1.807) is 0 Å². The van der Waals surface area contributed by atoms with Crippen molar-refractivity contribution in [2.45, 2.75) is 40.0 Å². The minimum absolute atomic E-state index is 0.175. The summed E-state index contributed by atoms with van der Waals surface area (Å²) in [6, 6.07) is 54.9. The second kappa shape index (κ2) is 23.3. The molecule has 69 heavy (non-hydrogen) atoms. The molecule has 0 unspecified atom stereocenters. The Morgan fingerprint density at radius 1 is 0.319 bits per heavy atom. The average molecular weight is 976 g/mol. The zero-order valence-electron chi connectivity index (χ0n) is 39.5. The molecule has 7 aromatic carbocycles. The van der Waals surface area contributed by atoms with Crippen molar-refractivity contribution < 1.29 is 28.1 Å². The Labute approximate surface area is 406 Å². The van der Waals surface area contributed by atoms with Crippen molar-refractivity contribution in [3.63, 3.8) is 0 Å². The van der Waals surface area contributed by atoms with Gasteiger partial charge in [-0.2, -0.15) is 0 Å². The highest BCUT2D eigenvalue weighted by Crippen LogP contribution is 2.45. The molecule has 0 heterocycles. The molecule has 354 valence electrons. The molecule has 0 saturated carbocycles. The van der Waals surface area contributed by atoms with Crippen LogP contribution in [0.4, 0.5) is 0 Å². The van der Waals surface area contributed by atoms with E-state index in [-0.39, 0.29) is 36.2 Å². The summed E-state index contributed by atoms with van der Waals surface area (Å²) in [5.41, 5.74) is 6.21. The fourth-order valence-corrected chi connectivity index (χ4v) is 16.7. The third-order valence-electron chi connectivity index (χ3n) is 12.9. The van der Waals surface area contributed by atoms with Crippen molar-refractivity contribution in [1.29, 1.82) is 0 Å². The summed E-state index contributed by atoms with van der Waals surface area (Å²) in [4.78, 5) is 41.2. The van der Waals surface area contributed by atoms with Crippen LogP contribution in [0.3, 0.4) is 0 Å². The van der Waals surface area contributed by atoms with Gasteiger partial charge < -0.3 is 29.6 Å². The van der Waals surface area contributed by atoms with Gasteiger partial charge in [-0.25, -0.2) is 0 Å². The number of hydrogen-bond donors (Lipinski definition) is 3. The Morgan fingerprint density at radius 3 is 0.667 bits per heavy atom. The van der Waals surface area contributed by atoms with Crippen LogP contribution < -0.4 is 47.8 Å². The fraction of sp³-hybridized carbons (Fsp3) is 0.211. The SMILES string of the molecule is Cc1c(CCNC(=O)CP(=O)(c2ccccc2)c2ccccc2)c(C)c(CCNC(=O)CP(=O)(c2ccccc2)c2ccccc2)c(C)c1CCNC(=O)CP(=O)(c1ccccc1)c1ccccc1. The zero-order chi connectivity index (χ0) is 48.9. The zero-order valence-corrected chi connectivity index (χ0v) is 42.2. The summed E-state index contributed by atoms with van der Waals surface area (Å²) in [5, 5.41) is 12.9. The average Bonchev–Trinajstić information content (AvgIpc) is 3.38. The van der Waals surface area contributed by atoms with Crippen LogP contribution in [0, 0.1) is 20.8 Å². The van der Waals surface area contributed by atoms with E-state index in [0.29, 0.717) is 70.7 Å². The van der Waals surface area contributed by atoms with Crippen LogP contribution in [-0.4, -0.2) is 55.8 Å². The summed E-state index contributed by atoms with van der Waals surface area (Å²) < 4.78 is 44.0. The standard InChI is InChI=1S/C57H60N3O6P3/c1-43-52(34-37-58-55(61)40-67(64,46-22-10-4-11-23-46)47-24-12-5-13-25-47)44(2)54(36-39-60-57(63)42-69(66,50-30-18-8-19-31-50)51-32-20-9-21-33-51)45(3)53(43)35-38-59-56(62)41-68(65,48-26-14-6-15-27-48)49-28-16-7-17-29-49/h4-33H,34-42H2,1-3H3,(H,58,61)(H,59,62)(H,60,63). The molecule has 7 aromatic rings. The first-order chi connectivity index (χ1) is 33.3. The highest BCUT2D eigenvalue weighted by atomic mass is 31.2. The van der Waals surface area contributed by atoms with E-state index in [1.165, 1.54) is 0 Å². The molecule has 0 aromatic heterocycles. The van der Waals surface area contributed by atoms with Crippen LogP contribution in [0.1, 0.15) is 33.4 Å². The lowest BCUT2D eigenvalue weighted by Gasteiger charge is -2.24. The van der Waals surface area contributed by atoms with E-state index in [0.717, 1.165) is 33.4 Å². The number of carbonyl (C=O) groups excluding carboxylic acids is 3. The molecule has 0 fully saturated rings. The second-order valence-electron chi connectivity index (χ2n) is 17.3. The van der Waals surface area contributed by atoms with Crippen molar-refractivity contribution in [3.05, 3.63) is 215 Å². The summed E-state index contributed by atoms with van der Waals surface area (Å²) in [7, 11) is -9.87. The predicted octanol–water partition coefficient (Wildman–Crippen LogP) is 7.63. The molecule has 0 spiro atoms. The lowest BCUT2D eigenvalue weighted by atomic mass is 9.84. The van der Waals surface area contributed by atoms with Crippen molar-refractivity contribution in [2.75, 3.05) is 38.1 Å². The largest absolute Gasteiger partial charge is 0.355 e. The second-order valence-corrected chi connectivity index (χ2v) is 25.8.